The van der Waals surface area contributed by atoms with Crippen LogP contribution in [0.2, 0.25) is 0 Å². The van der Waals surface area contributed by atoms with E-state index in [1.165, 1.54) is 5.56 Å². The van der Waals surface area contributed by atoms with Crippen LogP contribution in [-0.2, 0) is 0 Å². The summed E-state index contributed by atoms with van der Waals surface area (Å²) in [7, 11) is 0. The second-order valence-electron chi connectivity index (χ2n) is 3.41. The molecule has 1 aromatic heterocycles. The molecule has 0 spiro atoms. The molecule has 1 heterocycles. The van der Waals surface area contributed by atoms with Crippen molar-refractivity contribution in [2.24, 2.45) is 0 Å². The van der Waals surface area contributed by atoms with Crippen molar-refractivity contribution in [1.82, 2.24) is 9.97 Å². The van der Waals surface area contributed by atoms with Gasteiger partial charge in [0.05, 0.1) is 17.6 Å². The highest BCUT2D eigenvalue weighted by Crippen LogP contribution is 2.15. The second kappa shape index (κ2) is 6.01. The second-order valence-corrected chi connectivity index (χ2v) is 3.41. The lowest BCUT2D eigenvalue weighted by Gasteiger charge is -2.00. The van der Waals surface area contributed by atoms with E-state index in [4.69, 9.17) is 0 Å². The van der Waals surface area contributed by atoms with Gasteiger partial charge in [-0.3, -0.25) is 9.97 Å². The molecule has 0 saturated carbocycles. The fourth-order valence-corrected chi connectivity index (χ4v) is 1.27. The molecule has 0 N–H and O–H groups in total. The first kappa shape index (κ1) is 14.3. The number of aromatic nitrogens is 2. The minimum absolute atomic E-state index is 0. The van der Waals surface area contributed by atoms with Crippen LogP contribution in [0.1, 0.15) is 26.1 Å². The van der Waals surface area contributed by atoms with Crippen LogP contribution < -0.4 is 0 Å². The van der Waals surface area contributed by atoms with Crippen molar-refractivity contribution < 1.29 is 0 Å². The van der Waals surface area contributed by atoms with E-state index in [1.807, 2.05) is 6.92 Å². The minimum Gasteiger partial charge on any atom is -0.258 e. The van der Waals surface area contributed by atoms with Gasteiger partial charge in [0.15, 0.2) is 0 Å². The van der Waals surface area contributed by atoms with Crippen LogP contribution in [0.4, 0.5) is 0 Å². The highest BCUT2D eigenvalue weighted by molar-refractivity contribution is 5.58. The maximum Gasteiger partial charge on any atom is 0.0885 e. The average molecular weight is 216 g/mol. The summed E-state index contributed by atoms with van der Waals surface area (Å²) in [5, 5.41) is 0. The molecule has 0 amide bonds. The Bertz CT molecular complexity index is 372. The first-order valence-corrected chi connectivity index (χ1v) is 4.61. The van der Waals surface area contributed by atoms with Gasteiger partial charge in [0.1, 0.15) is 0 Å². The van der Waals surface area contributed by atoms with E-state index in [-0.39, 0.29) is 14.9 Å². The predicted octanol–water partition coefficient (Wildman–Crippen LogP) is 4.03. The van der Waals surface area contributed by atoms with Crippen LogP contribution in [0.3, 0.4) is 0 Å². The molecule has 2 heteroatoms. The summed E-state index contributed by atoms with van der Waals surface area (Å²) < 4.78 is 0. The Morgan fingerprint density at radius 3 is 1.94 bits per heavy atom. The quantitative estimate of drug-likeness (QED) is 0.719. The van der Waals surface area contributed by atoms with Crippen LogP contribution >= 0.6 is 0 Å². The molecule has 0 aliphatic heterocycles. The van der Waals surface area contributed by atoms with Crippen molar-refractivity contribution in [3.63, 3.8) is 0 Å². The highest BCUT2D eigenvalue weighted by Gasteiger charge is 1.97. The molecule has 0 aliphatic rings. The Hall–Kier alpha value is -1.70. The Labute approximate surface area is 98.4 Å². The summed E-state index contributed by atoms with van der Waals surface area (Å²) in [5.74, 6) is 0. The summed E-state index contributed by atoms with van der Waals surface area (Å²) in [6, 6.07) is 8.29. The molecule has 0 saturated heterocycles. The zero-order chi connectivity index (χ0) is 9.97. The van der Waals surface area contributed by atoms with Crippen LogP contribution in [0.15, 0.2) is 36.7 Å². The monoisotopic (exact) mass is 216 g/mol. The van der Waals surface area contributed by atoms with Crippen LogP contribution in [0.5, 0.6) is 0 Å². The third-order valence-electron chi connectivity index (χ3n) is 2.13. The number of nitrogens with zero attached hydrogens (tertiary/aromatic N) is 2. The smallest absolute Gasteiger partial charge is 0.0885 e. The molecular weight excluding hydrogens is 196 g/mol. The SMILES string of the molecule is C.C.Cc1ccc(-c2cnc(C)cn2)cc1. The van der Waals surface area contributed by atoms with E-state index >= 15 is 0 Å². The van der Waals surface area contributed by atoms with E-state index in [0.717, 1.165) is 17.0 Å². The van der Waals surface area contributed by atoms with Crippen LogP contribution in [0.25, 0.3) is 11.3 Å². The summed E-state index contributed by atoms with van der Waals surface area (Å²) >= 11 is 0. The third-order valence-corrected chi connectivity index (χ3v) is 2.13. The molecule has 2 rings (SSSR count). The lowest BCUT2D eigenvalue weighted by molar-refractivity contribution is 1.12. The number of benzene rings is 1. The van der Waals surface area contributed by atoms with E-state index in [2.05, 4.69) is 41.2 Å². The average Bonchev–Trinajstić information content (AvgIpc) is 2.21. The zero-order valence-electron chi connectivity index (χ0n) is 8.36. The van der Waals surface area contributed by atoms with Crippen LogP contribution in [-0.4, -0.2) is 9.97 Å². The Balaban J connectivity index is 0.00000112. The van der Waals surface area contributed by atoms with Crippen molar-refractivity contribution in [2.45, 2.75) is 28.7 Å². The van der Waals surface area contributed by atoms with Gasteiger partial charge in [-0.1, -0.05) is 44.7 Å². The summed E-state index contributed by atoms with van der Waals surface area (Å²) in [6.07, 6.45) is 3.59. The van der Waals surface area contributed by atoms with Gasteiger partial charge in [0.2, 0.25) is 0 Å². The van der Waals surface area contributed by atoms with E-state index < -0.39 is 0 Å². The number of hydrogen-bond acceptors (Lipinski definition) is 2. The molecular formula is C14H20N2. The molecule has 86 valence electrons. The third kappa shape index (κ3) is 3.16. The standard InChI is InChI=1S/C12H12N2.2CH4/c1-9-3-5-11(6-4-9)12-8-13-10(2)7-14-12;;/h3-8H,1-2H3;2*1H4. The molecule has 0 radical (unpaired) electrons. The first-order valence-electron chi connectivity index (χ1n) is 4.61. The van der Waals surface area contributed by atoms with Gasteiger partial charge >= 0.3 is 0 Å². The Kier molecular flexibility index (Phi) is 5.37. The normalized spacial score (nSPS) is 8.88. The van der Waals surface area contributed by atoms with Gasteiger partial charge in [-0.2, -0.15) is 0 Å². The zero-order valence-corrected chi connectivity index (χ0v) is 8.36. The van der Waals surface area contributed by atoms with Gasteiger partial charge in [0.25, 0.3) is 0 Å². The van der Waals surface area contributed by atoms with E-state index in [9.17, 15) is 0 Å². The van der Waals surface area contributed by atoms with Crippen molar-refractivity contribution >= 4 is 0 Å². The molecule has 2 aromatic rings. The molecule has 1 aromatic carbocycles. The molecule has 16 heavy (non-hydrogen) atoms. The summed E-state index contributed by atoms with van der Waals surface area (Å²) in [4.78, 5) is 8.53. The molecule has 0 bridgehead atoms. The molecule has 0 aliphatic carbocycles. The van der Waals surface area contributed by atoms with Crippen LogP contribution in [0, 0.1) is 13.8 Å². The predicted molar refractivity (Wildman–Crippen MR) is 70.4 cm³/mol. The van der Waals surface area contributed by atoms with Gasteiger partial charge in [0, 0.05) is 11.8 Å². The molecule has 0 unspecified atom stereocenters. The maximum atomic E-state index is 4.32. The summed E-state index contributed by atoms with van der Waals surface area (Å²) in [5.41, 5.74) is 4.24. The van der Waals surface area contributed by atoms with Gasteiger partial charge in [-0.05, 0) is 13.8 Å². The van der Waals surface area contributed by atoms with Gasteiger partial charge in [-0.25, -0.2) is 0 Å². The lowest BCUT2D eigenvalue weighted by Crippen LogP contribution is -1.87. The Morgan fingerprint density at radius 1 is 0.812 bits per heavy atom. The Morgan fingerprint density at radius 2 is 1.44 bits per heavy atom. The number of rotatable bonds is 1. The summed E-state index contributed by atoms with van der Waals surface area (Å²) in [6.45, 7) is 4.01. The lowest BCUT2D eigenvalue weighted by atomic mass is 10.1. The van der Waals surface area contributed by atoms with E-state index in [1.54, 1.807) is 12.4 Å². The van der Waals surface area contributed by atoms with Crippen molar-refractivity contribution in [1.29, 1.82) is 0 Å². The largest absolute Gasteiger partial charge is 0.258 e. The first-order chi connectivity index (χ1) is 6.75. The molecule has 2 nitrogen and oxygen atoms in total. The molecule has 0 fully saturated rings. The van der Waals surface area contributed by atoms with E-state index in [0.29, 0.717) is 0 Å². The minimum atomic E-state index is 0. The van der Waals surface area contributed by atoms with Crippen molar-refractivity contribution in [3.05, 3.63) is 47.9 Å². The number of hydrogen-bond donors (Lipinski definition) is 0. The van der Waals surface area contributed by atoms with Crippen molar-refractivity contribution in [2.75, 3.05) is 0 Å². The van der Waals surface area contributed by atoms with Crippen molar-refractivity contribution in [3.8, 4) is 11.3 Å². The van der Waals surface area contributed by atoms with Gasteiger partial charge in [-0.15, -0.1) is 0 Å². The fraction of sp³-hybridized carbons (Fsp3) is 0.286. The topological polar surface area (TPSA) is 25.8 Å². The highest BCUT2D eigenvalue weighted by atomic mass is 14.8. The number of aryl methyl sites for hydroxylation is 2. The molecule has 0 atom stereocenters. The maximum absolute atomic E-state index is 4.32. The fourth-order valence-electron chi connectivity index (χ4n) is 1.27. The van der Waals surface area contributed by atoms with Gasteiger partial charge < -0.3 is 0 Å².